The first kappa shape index (κ1) is 18.1. The van der Waals surface area contributed by atoms with E-state index in [1.165, 1.54) is 10.2 Å². The lowest BCUT2D eigenvalue weighted by molar-refractivity contribution is 0.397. The Kier molecular flexibility index (Phi) is 4.33. The average Bonchev–Trinajstić information content (AvgIpc) is 3.39. The molecule has 3 aromatic heterocycles. The molecule has 3 aromatic rings. The van der Waals surface area contributed by atoms with Crippen LogP contribution in [0.1, 0.15) is 42.0 Å². The number of rotatable bonds is 4. The summed E-state index contributed by atoms with van der Waals surface area (Å²) in [5.41, 5.74) is 4.82. The Morgan fingerprint density at radius 3 is 2.64 bits per heavy atom. The van der Waals surface area contributed by atoms with Crippen LogP contribution in [-0.4, -0.2) is 37.5 Å². The van der Waals surface area contributed by atoms with E-state index in [9.17, 15) is 0 Å². The number of aryl methyl sites for hydroxylation is 2. The number of ether oxygens (including phenoxy) is 1. The summed E-state index contributed by atoms with van der Waals surface area (Å²) in [5, 5.41) is 25.1. The fourth-order valence-corrected chi connectivity index (χ4v) is 3.53. The van der Waals surface area contributed by atoms with E-state index in [0.717, 1.165) is 23.4 Å². The highest BCUT2D eigenvalue weighted by Crippen LogP contribution is 2.54. The monoisotopic (exact) mass is 377 g/mol. The normalized spacial score (nSPS) is 18.1. The zero-order chi connectivity index (χ0) is 20.0. The van der Waals surface area contributed by atoms with Gasteiger partial charge in [-0.15, -0.1) is 0 Å². The molecule has 0 amide bonds. The van der Waals surface area contributed by atoms with Crippen LogP contribution in [0.15, 0.2) is 30.5 Å². The van der Waals surface area contributed by atoms with Crippen molar-refractivity contribution in [3.8, 4) is 17.3 Å². The Morgan fingerprint density at radius 2 is 2.00 bits per heavy atom. The maximum Gasteiger partial charge on any atom is 0.212 e. The predicted octanol–water partition coefficient (Wildman–Crippen LogP) is 2.59. The molecule has 1 aliphatic rings. The van der Waals surface area contributed by atoms with Crippen molar-refractivity contribution in [1.82, 2.24) is 24.5 Å². The molecule has 2 N–H and O–H groups in total. The molecule has 3 heterocycles. The Balaban J connectivity index is 1.63. The van der Waals surface area contributed by atoms with Gasteiger partial charge in [0.1, 0.15) is 11.5 Å². The standard InChI is InChI=1S/C20H23N7O/c1-11-7-17(25-27(12(2)21)20(11)22)18-9-16(24-26(18)3)15-8-14(15)13-5-6-19(28-4)23-10-13/h5-7,9-10,14-15,21-22H,8H2,1-4H3. The summed E-state index contributed by atoms with van der Waals surface area (Å²) in [6.45, 7) is 3.48. The maximum absolute atomic E-state index is 8.10. The summed E-state index contributed by atoms with van der Waals surface area (Å²) in [6, 6.07) is 7.90. The minimum Gasteiger partial charge on any atom is -0.481 e. The van der Waals surface area contributed by atoms with Crippen LogP contribution in [0.25, 0.3) is 11.4 Å². The number of nitrogens with zero attached hydrogens (tertiary/aromatic N) is 5. The molecule has 2 atom stereocenters. The second-order valence-electron chi connectivity index (χ2n) is 7.22. The summed E-state index contributed by atoms with van der Waals surface area (Å²) in [7, 11) is 3.52. The van der Waals surface area contributed by atoms with Crippen molar-refractivity contribution < 1.29 is 4.74 Å². The number of aromatic nitrogens is 5. The lowest BCUT2D eigenvalue weighted by atomic mass is 10.1. The molecular formula is C20H23N7O. The molecule has 8 heteroatoms. The molecule has 144 valence electrons. The fourth-order valence-electron chi connectivity index (χ4n) is 3.53. The molecule has 1 saturated carbocycles. The van der Waals surface area contributed by atoms with E-state index in [1.54, 1.807) is 14.0 Å². The third-order valence-electron chi connectivity index (χ3n) is 5.19. The smallest absolute Gasteiger partial charge is 0.212 e. The van der Waals surface area contributed by atoms with Crippen molar-refractivity contribution >= 4 is 5.84 Å². The minimum atomic E-state index is 0.214. The molecule has 4 rings (SSSR count). The number of nitrogens with one attached hydrogen (secondary N) is 2. The highest BCUT2D eigenvalue weighted by molar-refractivity contribution is 5.78. The van der Waals surface area contributed by atoms with E-state index in [4.69, 9.17) is 20.7 Å². The van der Waals surface area contributed by atoms with Crippen molar-refractivity contribution in [3.05, 3.63) is 52.8 Å². The molecule has 0 radical (unpaired) electrons. The zero-order valence-electron chi connectivity index (χ0n) is 16.4. The first-order chi connectivity index (χ1) is 13.4. The van der Waals surface area contributed by atoms with Crippen LogP contribution in [0.4, 0.5) is 0 Å². The summed E-state index contributed by atoms with van der Waals surface area (Å²) < 4.78 is 8.30. The number of hydrogen-bond acceptors (Lipinski definition) is 6. The van der Waals surface area contributed by atoms with Gasteiger partial charge in [-0.05, 0) is 49.4 Å². The van der Waals surface area contributed by atoms with E-state index >= 15 is 0 Å². The van der Waals surface area contributed by atoms with Gasteiger partial charge in [-0.2, -0.15) is 10.2 Å². The lowest BCUT2D eigenvalue weighted by Crippen LogP contribution is -2.29. The molecule has 0 bridgehead atoms. The van der Waals surface area contributed by atoms with Crippen LogP contribution in [-0.2, 0) is 7.05 Å². The average molecular weight is 377 g/mol. The predicted molar refractivity (Wildman–Crippen MR) is 105 cm³/mol. The molecule has 1 fully saturated rings. The molecule has 0 aliphatic heterocycles. The largest absolute Gasteiger partial charge is 0.481 e. The van der Waals surface area contributed by atoms with E-state index in [-0.39, 0.29) is 11.3 Å². The van der Waals surface area contributed by atoms with Gasteiger partial charge in [0.2, 0.25) is 5.88 Å². The third-order valence-corrected chi connectivity index (χ3v) is 5.19. The summed E-state index contributed by atoms with van der Waals surface area (Å²) in [6.07, 6.45) is 2.92. The van der Waals surface area contributed by atoms with Gasteiger partial charge in [-0.3, -0.25) is 15.5 Å². The summed E-state index contributed by atoms with van der Waals surface area (Å²) >= 11 is 0. The molecule has 0 aromatic carbocycles. The van der Waals surface area contributed by atoms with E-state index in [0.29, 0.717) is 23.4 Å². The van der Waals surface area contributed by atoms with Crippen LogP contribution in [0.3, 0.4) is 0 Å². The van der Waals surface area contributed by atoms with Gasteiger partial charge in [-0.1, -0.05) is 6.07 Å². The summed E-state index contributed by atoms with van der Waals surface area (Å²) in [5.74, 6) is 1.62. The van der Waals surface area contributed by atoms with Crippen molar-refractivity contribution in [1.29, 1.82) is 10.8 Å². The van der Waals surface area contributed by atoms with Crippen LogP contribution < -0.4 is 10.2 Å². The number of pyridine rings is 1. The van der Waals surface area contributed by atoms with Crippen LogP contribution in [0.5, 0.6) is 5.88 Å². The molecule has 1 aliphatic carbocycles. The zero-order valence-corrected chi connectivity index (χ0v) is 16.4. The van der Waals surface area contributed by atoms with Crippen molar-refractivity contribution in [2.24, 2.45) is 7.05 Å². The molecule has 8 nitrogen and oxygen atoms in total. The molecule has 0 spiro atoms. The third kappa shape index (κ3) is 3.11. The Bertz CT molecular complexity index is 1110. The first-order valence-corrected chi connectivity index (χ1v) is 9.14. The quantitative estimate of drug-likeness (QED) is 0.538. The highest BCUT2D eigenvalue weighted by atomic mass is 16.5. The molecular weight excluding hydrogens is 354 g/mol. The van der Waals surface area contributed by atoms with Crippen LogP contribution >= 0.6 is 0 Å². The number of methoxy groups -OCH3 is 1. The van der Waals surface area contributed by atoms with Crippen molar-refractivity contribution in [2.45, 2.75) is 32.1 Å². The first-order valence-electron chi connectivity index (χ1n) is 9.14. The van der Waals surface area contributed by atoms with Gasteiger partial charge >= 0.3 is 0 Å². The van der Waals surface area contributed by atoms with Gasteiger partial charge in [0.15, 0.2) is 5.49 Å². The second kappa shape index (κ2) is 6.70. The molecule has 28 heavy (non-hydrogen) atoms. The van der Waals surface area contributed by atoms with Gasteiger partial charge in [0, 0.05) is 25.2 Å². The van der Waals surface area contributed by atoms with E-state index in [2.05, 4.69) is 22.2 Å². The van der Waals surface area contributed by atoms with Gasteiger partial charge < -0.3 is 4.74 Å². The maximum atomic E-state index is 8.10. The van der Waals surface area contributed by atoms with E-state index in [1.807, 2.05) is 37.0 Å². The molecule has 0 saturated heterocycles. The Morgan fingerprint density at radius 1 is 1.21 bits per heavy atom. The van der Waals surface area contributed by atoms with Gasteiger partial charge in [0.25, 0.3) is 0 Å². The number of hydrogen-bond donors (Lipinski definition) is 2. The SMILES string of the molecule is COc1ccc(C2CC2c2cc(-c3cc(C)c(=N)n(C(C)=N)n3)n(C)n2)cn1. The lowest BCUT2D eigenvalue weighted by Gasteiger charge is -2.08. The summed E-state index contributed by atoms with van der Waals surface area (Å²) in [4.78, 5) is 4.30. The van der Waals surface area contributed by atoms with Crippen LogP contribution in [0.2, 0.25) is 0 Å². The fraction of sp³-hybridized carbons (Fsp3) is 0.350. The topological polar surface area (TPSA) is 105 Å². The van der Waals surface area contributed by atoms with E-state index < -0.39 is 0 Å². The Hall–Kier alpha value is -3.29. The van der Waals surface area contributed by atoms with Crippen LogP contribution in [0, 0.1) is 17.7 Å². The van der Waals surface area contributed by atoms with Gasteiger partial charge in [-0.25, -0.2) is 9.67 Å². The van der Waals surface area contributed by atoms with Gasteiger partial charge in [0.05, 0.1) is 18.5 Å². The second-order valence-corrected chi connectivity index (χ2v) is 7.22. The van der Waals surface area contributed by atoms with Crippen molar-refractivity contribution in [2.75, 3.05) is 7.11 Å². The van der Waals surface area contributed by atoms with Crippen molar-refractivity contribution in [3.63, 3.8) is 0 Å². The highest BCUT2D eigenvalue weighted by Gasteiger charge is 2.41. The Labute approximate surface area is 162 Å². The minimum absolute atomic E-state index is 0.214. The molecule has 2 unspecified atom stereocenters.